The molecule has 1 rings (SSSR count). The van der Waals surface area contributed by atoms with Crippen LogP contribution in [0.3, 0.4) is 0 Å². The average molecular weight is 241 g/mol. The largest absolute Gasteiger partial charge is 0.353 e. The Labute approximate surface area is 105 Å². The van der Waals surface area contributed by atoms with Crippen LogP contribution in [0.15, 0.2) is 0 Å². The van der Waals surface area contributed by atoms with Crippen LogP contribution in [0.4, 0.5) is 0 Å². The molecule has 0 aromatic carbocycles. The third kappa shape index (κ3) is 5.04. The lowest BCUT2D eigenvalue weighted by Crippen LogP contribution is -2.48. The van der Waals surface area contributed by atoms with Gasteiger partial charge in [0.05, 0.1) is 5.92 Å². The zero-order valence-electron chi connectivity index (χ0n) is 11.6. The minimum absolute atomic E-state index is 0.144. The summed E-state index contributed by atoms with van der Waals surface area (Å²) in [5, 5.41) is 6.50. The van der Waals surface area contributed by atoms with E-state index in [2.05, 4.69) is 43.5 Å². The van der Waals surface area contributed by atoms with E-state index in [1.54, 1.807) is 0 Å². The van der Waals surface area contributed by atoms with Gasteiger partial charge in [0.1, 0.15) is 0 Å². The molecule has 1 fully saturated rings. The first kappa shape index (κ1) is 14.5. The van der Waals surface area contributed by atoms with E-state index >= 15 is 0 Å². The van der Waals surface area contributed by atoms with E-state index in [1.165, 1.54) is 0 Å². The van der Waals surface area contributed by atoms with Crippen LogP contribution >= 0.6 is 0 Å². The summed E-state index contributed by atoms with van der Waals surface area (Å²) in [4.78, 5) is 14.2. The maximum Gasteiger partial charge on any atom is 0.224 e. The van der Waals surface area contributed by atoms with Gasteiger partial charge in [-0.15, -0.1) is 0 Å². The summed E-state index contributed by atoms with van der Waals surface area (Å²) < 4.78 is 0. The lowest BCUT2D eigenvalue weighted by Gasteiger charge is -2.30. The number of rotatable bonds is 5. The highest BCUT2D eigenvalue weighted by atomic mass is 16.2. The Hall–Kier alpha value is -0.610. The van der Waals surface area contributed by atoms with Gasteiger partial charge in [-0.3, -0.25) is 4.79 Å². The van der Waals surface area contributed by atoms with Crippen molar-refractivity contribution < 1.29 is 4.79 Å². The highest BCUT2D eigenvalue weighted by Crippen LogP contribution is 2.16. The molecular formula is C13H27N3O. The zero-order valence-corrected chi connectivity index (χ0v) is 11.6. The van der Waals surface area contributed by atoms with E-state index in [9.17, 15) is 4.79 Å². The molecule has 17 heavy (non-hydrogen) atoms. The van der Waals surface area contributed by atoms with E-state index in [0.717, 1.165) is 32.4 Å². The van der Waals surface area contributed by atoms with Gasteiger partial charge in [-0.05, 0) is 60.3 Å². The van der Waals surface area contributed by atoms with Crippen molar-refractivity contribution in [1.29, 1.82) is 0 Å². The molecule has 0 spiro atoms. The fraction of sp³-hybridized carbons (Fsp3) is 0.923. The van der Waals surface area contributed by atoms with Gasteiger partial charge in [0.15, 0.2) is 0 Å². The molecule has 1 aliphatic heterocycles. The molecule has 0 aromatic heterocycles. The summed E-state index contributed by atoms with van der Waals surface area (Å²) in [6.07, 6.45) is 3.13. The monoisotopic (exact) mass is 241 g/mol. The van der Waals surface area contributed by atoms with E-state index in [0.29, 0.717) is 6.04 Å². The topological polar surface area (TPSA) is 44.4 Å². The standard InChI is InChI=1S/C13H27N3O/c1-10(7-9-16(3)4)15-13(17)12-6-5-8-14-11(12)2/h10-12,14H,5-9H2,1-4H3,(H,15,17). The molecule has 1 heterocycles. The summed E-state index contributed by atoms with van der Waals surface area (Å²) in [6, 6.07) is 0.573. The lowest BCUT2D eigenvalue weighted by molar-refractivity contribution is -0.127. The molecule has 3 atom stereocenters. The molecule has 4 heteroatoms. The van der Waals surface area contributed by atoms with Gasteiger partial charge < -0.3 is 15.5 Å². The number of nitrogens with zero attached hydrogens (tertiary/aromatic N) is 1. The Kier molecular flexibility index (Phi) is 5.92. The molecule has 0 bridgehead atoms. The minimum atomic E-state index is 0.144. The van der Waals surface area contributed by atoms with Gasteiger partial charge >= 0.3 is 0 Å². The fourth-order valence-corrected chi connectivity index (χ4v) is 2.28. The predicted octanol–water partition coefficient (Wildman–Crippen LogP) is 0.831. The van der Waals surface area contributed by atoms with Gasteiger partial charge in [0, 0.05) is 12.1 Å². The molecule has 1 saturated heterocycles. The second-order valence-corrected chi connectivity index (χ2v) is 5.49. The van der Waals surface area contributed by atoms with E-state index in [-0.39, 0.29) is 17.9 Å². The number of carbonyl (C=O) groups is 1. The fourth-order valence-electron chi connectivity index (χ4n) is 2.28. The SMILES string of the molecule is CC(CCN(C)C)NC(=O)C1CCCNC1C. The number of amides is 1. The number of hydrogen-bond donors (Lipinski definition) is 2. The van der Waals surface area contributed by atoms with E-state index in [4.69, 9.17) is 0 Å². The van der Waals surface area contributed by atoms with Crippen LogP contribution in [0.5, 0.6) is 0 Å². The predicted molar refractivity (Wildman–Crippen MR) is 71.0 cm³/mol. The van der Waals surface area contributed by atoms with Crippen LogP contribution in [0.25, 0.3) is 0 Å². The molecule has 1 aliphatic rings. The van der Waals surface area contributed by atoms with E-state index < -0.39 is 0 Å². The molecule has 0 radical (unpaired) electrons. The quantitative estimate of drug-likeness (QED) is 0.749. The summed E-state index contributed by atoms with van der Waals surface area (Å²) >= 11 is 0. The molecule has 100 valence electrons. The van der Waals surface area contributed by atoms with Crippen LogP contribution in [-0.2, 0) is 4.79 Å². The molecule has 3 unspecified atom stereocenters. The van der Waals surface area contributed by atoms with Crippen molar-refractivity contribution in [2.24, 2.45) is 5.92 Å². The molecule has 0 aliphatic carbocycles. The highest BCUT2D eigenvalue weighted by molar-refractivity contribution is 5.79. The van der Waals surface area contributed by atoms with E-state index in [1.807, 2.05) is 0 Å². The smallest absolute Gasteiger partial charge is 0.224 e. The Balaban J connectivity index is 2.32. The van der Waals surface area contributed by atoms with Crippen molar-refractivity contribution in [3.05, 3.63) is 0 Å². The van der Waals surface area contributed by atoms with Crippen molar-refractivity contribution in [2.75, 3.05) is 27.2 Å². The summed E-state index contributed by atoms with van der Waals surface area (Å²) in [5.74, 6) is 0.363. The third-order valence-corrected chi connectivity index (χ3v) is 3.50. The molecule has 0 aromatic rings. The first-order valence-corrected chi connectivity index (χ1v) is 6.69. The maximum atomic E-state index is 12.1. The van der Waals surface area contributed by atoms with Crippen molar-refractivity contribution in [2.45, 2.75) is 45.2 Å². The molecule has 1 amide bonds. The number of hydrogen-bond acceptors (Lipinski definition) is 3. The number of carbonyl (C=O) groups excluding carboxylic acids is 1. The van der Waals surface area contributed by atoms with Crippen LogP contribution in [0.2, 0.25) is 0 Å². The highest BCUT2D eigenvalue weighted by Gasteiger charge is 2.27. The van der Waals surface area contributed by atoms with Crippen LogP contribution in [-0.4, -0.2) is 50.1 Å². The van der Waals surface area contributed by atoms with Gasteiger partial charge in [-0.25, -0.2) is 0 Å². The lowest BCUT2D eigenvalue weighted by atomic mass is 9.91. The maximum absolute atomic E-state index is 12.1. The van der Waals surface area contributed by atoms with Crippen molar-refractivity contribution in [3.8, 4) is 0 Å². The average Bonchev–Trinajstić information content (AvgIpc) is 2.26. The van der Waals surface area contributed by atoms with Crippen molar-refractivity contribution >= 4 is 5.91 Å². The second kappa shape index (κ2) is 6.97. The zero-order chi connectivity index (χ0) is 12.8. The Morgan fingerprint density at radius 3 is 2.82 bits per heavy atom. The molecular weight excluding hydrogens is 214 g/mol. The van der Waals surface area contributed by atoms with Crippen LogP contribution in [0.1, 0.15) is 33.1 Å². The first-order valence-electron chi connectivity index (χ1n) is 6.69. The molecule has 2 N–H and O–H groups in total. The minimum Gasteiger partial charge on any atom is -0.353 e. The van der Waals surface area contributed by atoms with Gasteiger partial charge in [0.25, 0.3) is 0 Å². The Morgan fingerprint density at radius 1 is 1.53 bits per heavy atom. The number of piperidine rings is 1. The summed E-state index contributed by atoms with van der Waals surface area (Å²) in [6.45, 7) is 6.25. The Morgan fingerprint density at radius 2 is 2.24 bits per heavy atom. The summed E-state index contributed by atoms with van der Waals surface area (Å²) in [5.41, 5.74) is 0. The summed E-state index contributed by atoms with van der Waals surface area (Å²) in [7, 11) is 4.11. The van der Waals surface area contributed by atoms with Gasteiger partial charge in [0.2, 0.25) is 5.91 Å². The van der Waals surface area contributed by atoms with Crippen molar-refractivity contribution in [1.82, 2.24) is 15.5 Å². The molecule has 0 saturated carbocycles. The second-order valence-electron chi connectivity index (χ2n) is 5.49. The first-order chi connectivity index (χ1) is 8.00. The number of nitrogens with one attached hydrogen (secondary N) is 2. The van der Waals surface area contributed by atoms with Gasteiger partial charge in [-0.1, -0.05) is 0 Å². The normalized spacial score (nSPS) is 26.9. The van der Waals surface area contributed by atoms with Crippen LogP contribution in [0, 0.1) is 5.92 Å². The molecule has 4 nitrogen and oxygen atoms in total. The van der Waals surface area contributed by atoms with Crippen molar-refractivity contribution in [3.63, 3.8) is 0 Å². The van der Waals surface area contributed by atoms with Crippen LogP contribution < -0.4 is 10.6 Å². The Bertz CT molecular complexity index is 243. The third-order valence-electron chi connectivity index (χ3n) is 3.50. The van der Waals surface area contributed by atoms with Gasteiger partial charge in [-0.2, -0.15) is 0 Å².